The molecule has 0 spiro atoms. The van der Waals surface area contributed by atoms with Crippen LogP contribution in [0.3, 0.4) is 0 Å². The normalized spacial score (nSPS) is 13.9. The molecule has 1 aromatic heterocycles. The van der Waals surface area contributed by atoms with Crippen LogP contribution >= 0.6 is 11.8 Å². The number of sulfonamides is 1. The number of hydrogen-bond acceptors (Lipinski definition) is 5. The monoisotopic (exact) mass is 306 g/mol. The summed E-state index contributed by atoms with van der Waals surface area (Å²) in [5.41, 5.74) is 0. The van der Waals surface area contributed by atoms with Crippen LogP contribution in [0.5, 0.6) is 0 Å². The summed E-state index contributed by atoms with van der Waals surface area (Å²) in [5, 5.41) is 7.07. The van der Waals surface area contributed by atoms with E-state index in [-0.39, 0.29) is 10.9 Å². The summed E-state index contributed by atoms with van der Waals surface area (Å²) in [6.07, 6.45) is 4.95. The molecule has 1 heterocycles. The lowest BCUT2D eigenvalue weighted by atomic mass is 10.4. The molecular formula is C11H22N4O2S2. The average Bonchev–Trinajstić information content (AvgIpc) is 2.85. The molecule has 1 atom stereocenters. The first kappa shape index (κ1) is 16.5. The average molecular weight is 306 g/mol. The molecule has 8 heteroatoms. The molecule has 0 fully saturated rings. The molecule has 110 valence electrons. The van der Waals surface area contributed by atoms with E-state index < -0.39 is 10.0 Å². The second-order valence-corrected chi connectivity index (χ2v) is 7.28. The van der Waals surface area contributed by atoms with E-state index in [1.807, 2.05) is 20.2 Å². The van der Waals surface area contributed by atoms with Crippen LogP contribution in [-0.4, -0.2) is 61.2 Å². The van der Waals surface area contributed by atoms with Crippen LogP contribution < -0.4 is 5.32 Å². The van der Waals surface area contributed by atoms with Crippen LogP contribution in [0.4, 0.5) is 0 Å². The molecule has 0 aliphatic rings. The fourth-order valence-electron chi connectivity index (χ4n) is 1.58. The Morgan fingerprint density at radius 2 is 2.26 bits per heavy atom. The second-order valence-electron chi connectivity index (χ2n) is 4.37. The quantitative estimate of drug-likeness (QED) is 0.756. The lowest BCUT2D eigenvalue weighted by Crippen LogP contribution is -2.36. The van der Waals surface area contributed by atoms with Crippen molar-refractivity contribution in [3.63, 3.8) is 0 Å². The van der Waals surface area contributed by atoms with Gasteiger partial charge in [-0.15, -0.1) is 0 Å². The van der Waals surface area contributed by atoms with E-state index >= 15 is 0 Å². The summed E-state index contributed by atoms with van der Waals surface area (Å²) in [5.74, 6) is 0.767. The van der Waals surface area contributed by atoms with Gasteiger partial charge in [0.25, 0.3) is 0 Å². The largest absolute Gasteiger partial charge is 0.318 e. The lowest BCUT2D eigenvalue weighted by molar-refractivity contribution is 0.415. The molecule has 1 aromatic rings. The number of aromatic nitrogens is 2. The van der Waals surface area contributed by atoms with Gasteiger partial charge in [-0.25, -0.2) is 8.42 Å². The summed E-state index contributed by atoms with van der Waals surface area (Å²) >= 11 is 1.63. The van der Waals surface area contributed by atoms with E-state index in [9.17, 15) is 8.42 Å². The minimum Gasteiger partial charge on any atom is -0.318 e. The molecule has 0 aliphatic heterocycles. The van der Waals surface area contributed by atoms with E-state index in [2.05, 4.69) is 10.4 Å². The van der Waals surface area contributed by atoms with E-state index in [0.717, 1.165) is 12.3 Å². The van der Waals surface area contributed by atoms with Crippen LogP contribution in [-0.2, 0) is 16.6 Å². The minimum absolute atomic E-state index is 0.0411. The fraction of sp³-hybridized carbons (Fsp3) is 0.727. The van der Waals surface area contributed by atoms with Crippen molar-refractivity contribution in [3.05, 3.63) is 12.4 Å². The lowest BCUT2D eigenvalue weighted by Gasteiger charge is -2.22. The zero-order valence-corrected chi connectivity index (χ0v) is 13.5. The van der Waals surface area contributed by atoms with Crippen molar-refractivity contribution in [2.45, 2.75) is 24.4 Å². The van der Waals surface area contributed by atoms with Gasteiger partial charge in [0.1, 0.15) is 4.90 Å². The first-order valence-electron chi connectivity index (χ1n) is 6.07. The molecule has 6 nitrogen and oxygen atoms in total. The van der Waals surface area contributed by atoms with E-state index in [4.69, 9.17) is 0 Å². The highest BCUT2D eigenvalue weighted by Gasteiger charge is 2.26. The van der Waals surface area contributed by atoms with Crippen molar-refractivity contribution < 1.29 is 8.42 Å². The highest BCUT2D eigenvalue weighted by molar-refractivity contribution is 7.98. The minimum atomic E-state index is -3.45. The Morgan fingerprint density at radius 3 is 2.84 bits per heavy atom. The van der Waals surface area contributed by atoms with E-state index in [1.165, 1.54) is 10.5 Å². The number of nitrogens with one attached hydrogen (secondary N) is 1. The van der Waals surface area contributed by atoms with Crippen LogP contribution in [0.15, 0.2) is 17.3 Å². The molecule has 1 N–H and O–H groups in total. The molecule has 1 unspecified atom stereocenters. The molecule has 19 heavy (non-hydrogen) atoms. The third-order valence-corrected chi connectivity index (χ3v) is 5.65. The molecule has 0 amide bonds. The summed E-state index contributed by atoms with van der Waals surface area (Å²) in [4.78, 5) is 0.249. The maximum Gasteiger partial charge on any atom is 0.246 e. The van der Waals surface area contributed by atoms with Crippen LogP contribution in [0, 0.1) is 0 Å². The van der Waals surface area contributed by atoms with Gasteiger partial charge in [0.15, 0.2) is 0 Å². The Morgan fingerprint density at radius 1 is 1.58 bits per heavy atom. The number of likely N-dealkylation sites (N-methyl/N-ethyl adjacent to an activating group) is 1. The third-order valence-electron chi connectivity index (χ3n) is 2.91. The Kier molecular flexibility index (Phi) is 6.31. The van der Waals surface area contributed by atoms with Gasteiger partial charge in [-0.2, -0.15) is 21.2 Å². The van der Waals surface area contributed by atoms with Crippen LogP contribution in [0.2, 0.25) is 0 Å². The third kappa shape index (κ3) is 4.20. The van der Waals surface area contributed by atoms with Gasteiger partial charge in [-0.05, 0) is 20.2 Å². The Hall–Kier alpha value is -0.570. The summed E-state index contributed by atoms with van der Waals surface area (Å²) in [6, 6.07) is -0.0411. The smallest absolute Gasteiger partial charge is 0.246 e. The summed E-state index contributed by atoms with van der Waals surface area (Å²) in [6.45, 7) is 3.30. The fourth-order valence-corrected chi connectivity index (χ4v) is 3.69. The van der Waals surface area contributed by atoms with Crippen molar-refractivity contribution in [1.29, 1.82) is 0 Å². The Labute approximate surface area is 119 Å². The maximum atomic E-state index is 12.4. The van der Waals surface area contributed by atoms with Gasteiger partial charge in [-0.3, -0.25) is 4.68 Å². The van der Waals surface area contributed by atoms with E-state index in [0.29, 0.717) is 6.54 Å². The second kappa shape index (κ2) is 7.28. The standard InChI is InChI=1S/C11H22N4O2S2/c1-10(9-18-4)14(3)19(16,17)11-7-13-15(8-11)6-5-12-2/h7-8,10,12H,5-6,9H2,1-4H3. The molecule has 0 saturated carbocycles. The number of thioether (sulfide) groups is 1. The number of rotatable bonds is 8. The molecular weight excluding hydrogens is 284 g/mol. The topological polar surface area (TPSA) is 67.2 Å². The number of nitrogens with zero attached hydrogens (tertiary/aromatic N) is 3. The Balaban J connectivity index is 2.84. The Bertz CT molecular complexity index is 487. The van der Waals surface area contributed by atoms with Gasteiger partial charge in [0.05, 0.1) is 12.7 Å². The van der Waals surface area contributed by atoms with Crippen molar-refractivity contribution in [2.24, 2.45) is 0 Å². The van der Waals surface area contributed by atoms with Crippen molar-refractivity contribution >= 4 is 21.8 Å². The SMILES string of the molecule is CNCCn1cc(S(=O)(=O)N(C)C(C)CSC)cn1. The molecule has 0 saturated heterocycles. The summed E-state index contributed by atoms with van der Waals surface area (Å²) < 4.78 is 27.8. The van der Waals surface area contributed by atoms with Crippen molar-refractivity contribution in [3.8, 4) is 0 Å². The van der Waals surface area contributed by atoms with Gasteiger partial charge < -0.3 is 5.32 Å². The van der Waals surface area contributed by atoms with Gasteiger partial charge >= 0.3 is 0 Å². The van der Waals surface area contributed by atoms with Crippen molar-refractivity contribution in [1.82, 2.24) is 19.4 Å². The molecule has 0 aromatic carbocycles. The van der Waals surface area contributed by atoms with Crippen LogP contribution in [0.1, 0.15) is 6.92 Å². The van der Waals surface area contributed by atoms with Crippen LogP contribution in [0.25, 0.3) is 0 Å². The molecule has 0 bridgehead atoms. The molecule has 0 radical (unpaired) electrons. The predicted molar refractivity (Wildman–Crippen MR) is 78.9 cm³/mol. The highest BCUT2D eigenvalue weighted by Crippen LogP contribution is 2.17. The molecule has 1 rings (SSSR count). The highest BCUT2D eigenvalue weighted by atomic mass is 32.2. The van der Waals surface area contributed by atoms with Gasteiger partial charge in [-0.1, -0.05) is 0 Å². The van der Waals surface area contributed by atoms with Crippen molar-refractivity contribution in [2.75, 3.05) is 32.6 Å². The molecule has 0 aliphatic carbocycles. The van der Waals surface area contributed by atoms with Gasteiger partial charge in [0.2, 0.25) is 10.0 Å². The first-order valence-corrected chi connectivity index (χ1v) is 8.91. The number of hydrogen-bond donors (Lipinski definition) is 1. The summed E-state index contributed by atoms with van der Waals surface area (Å²) in [7, 11) is 0.0102. The van der Waals surface area contributed by atoms with Gasteiger partial charge in [0, 0.05) is 31.6 Å². The van der Waals surface area contributed by atoms with E-state index in [1.54, 1.807) is 29.7 Å². The predicted octanol–water partition coefficient (Wildman–Crippen LogP) is 0.475. The zero-order chi connectivity index (χ0) is 14.5. The zero-order valence-electron chi connectivity index (χ0n) is 11.8. The maximum absolute atomic E-state index is 12.4. The first-order chi connectivity index (χ1) is 8.93.